The van der Waals surface area contributed by atoms with Crippen molar-refractivity contribution < 1.29 is 0 Å². The highest BCUT2D eigenvalue weighted by Gasteiger charge is 2.09. The topological polar surface area (TPSA) is 26.0 Å². The van der Waals surface area contributed by atoms with E-state index < -0.39 is 0 Å². The van der Waals surface area contributed by atoms with E-state index in [2.05, 4.69) is 25.0 Å². The first-order valence-corrected chi connectivity index (χ1v) is 5.43. The number of hydrogen-bond donors (Lipinski definition) is 1. The van der Waals surface area contributed by atoms with E-state index in [1.807, 2.05) is 19.1 Å². The molecule has 0 saturated carbocycles. The summed E-state index contributed by atoms with van der Waals surface area (Å²) in [5.41, 5.74) is 8.17. The maximum Gasteiger partial charge on any atom is 0.0516 e. The summed E-state index contributed by atoms with van der Waals surface area (Å²) in [6, 6.07) is 8.15. The molecule has 1 nitrogen and oxygen atoms in total. The maximum absolute atomic E-state index is 6.00. The third kappa shape index (κ3) is 2.36. The highest BCUT2D eigenvalue weighted by Crippen LogP contribution is 2.27. The van der Waals surface area contributed by atoms with Crippen LogP contribution in [0.5, 0.6) is 0 Å². The second kappa shape index (κ2) is 4.49. The molecule has 1 rings (SSSR count). The zero-order valence-corrected chi connectivity index (χ0v) is 8.90. The lowest BCUT2D eigenvalue weighted by atomic mass is 10.0. The molecule has 2 N–H and O–H groups in total. The third-order valence-corrected chi connectivity index (χ3v) is 2.82. The van der Waals surface area contributed by atoms with Crippen molar-refractivity contribution in [3.63, 3.8) is 0 Å². The van der Waals surface area contributed by atoms with Gasteiger partial charge in [-0.3, -0.25) is 0 Å². The molecule has 13 heavy (non-hydrogen) atoms. The SMILES string of the molecule is C=C(C)C(N)c1ccccc1SC. The zero-order chi connectivity index (χ0) is 9.84. The van der Waals surface area contributed by atoms with E-state index in [1.165, 1.54) is 10.5 Å². The molecule has 0 saturated heterocycles. The Morgan fingerprint density at radius 1 is 1.46 bits per heavy atom. The first-order chi connectivity index (χ1) is 6.16. The minimum absolute atomic E-state index is 0.0383. The van der Waals surface area contributed by atoms with Gasteiger partial charge in [-0.15, -0.1) is 11.8 Å². The van der Waals surface area contributed by atoms with Crippen LogP contribution in [-0.4, -0.2) is 6.26 Å². The summed E-state index contributed by atoms with van der Waals surface area (Å²) in [6.45, 7) is 5.83. The summed E-state index contributed by atoms with van der Waals surface area (Å²) in [4.78, 5) is 1.23. The average molecular weight is 193 g/mol. The van der Waals surface area contributed by atoms with Crippen molar-refractivity contribution in [3.8, 4) is 0 Å². The fraction of sp³-hybridized carbons (Fsp3) is 0.273. The largest absolute Gasteiger partial charge is 0.321 e. The number of rotatable bonds is 3. The van der Waals surface area contributed by atoms with Crippen LogP contribution < -0.4 is 5.73 Å². The zero-order valence-electron chi connectivity index (χ0n) is 8.08. The molecule has 1 aromatic carbocycles. The van der Waals surface area contributed by atoms with Gasteiger partial charge in [0.05, 0.1) is 6.04 Å². The molecular formula is C11H15NS. The monoisotopic (exact) mass is 193 g/mol. The van der Waals surface area contributed by atoms with Crippen molar-refractivity contribution in [2.24, 2.45) is 5.73 Å². The predicted molar refractivity (Wildman–Crippen MR) is 60.0 cm³/mol. The molecule has 2 heteroatoms. The van der Waals surface area contributed by atoms with Crippen molar-refractivity contribution in [2.45, 2.75) is 17.9 Å². The predicted octanol–water partition coefficient (Wildman–Crippen LogP) is 2.98. The molecule has 0 heterocycles. The maximum atomic E-state index is 6.00. The van der Waals surface area contributed by atoms with Crippen molar-refractivity contribution >= 4 is 11.8 Å². The van der Waals surface area contributed by atoms with Crippen molar-refractivity contribution in [3.05, 3.63) is 42.0 Å². The fourth-order valence-electron chi connectivity index (χ4n) is 1.19. The molecule has 0 aliphatic rings. The van der Waals surface area contributed by atoms with Crippen LogP contribution >= 0.6 is 11.8 Å². The van der Waals surface area contributed by atoms with Crippen LogP contribution in [-0.2, 0) is 0 Å². The lowest BCUT2D eigenvalue weighted by molar-refractivity contribution is 0.829. The van der Waals surface area contributed by atoms with Crippen molar-refractivity contribution in [1.29, 1.82) is 0 Å². The van der Waals surface area contributed by atoms with E-state index in [1.54, 1.807) is 11.8 Å². The molecule has 0 fully saturated rings. The van der Waals surface area contributed by atoms with Gasteiger partial charge in [-0.25, -0.2) is 0 Å². The van der Waals surface area contributed by atoms with Crippen molar-refractivity contribution in [1.82, 2.24) is 0 Å². The summed E-state index contributed by atoms with van der Waals surface area (Å²) in [7, 11) is 0. The van der Waals surface area contributed by atoms with Gasteiger partial charge in [-0.1, -0.05) is 30.4 Å². The van der Waals surface area contributed by atoms with E-state index in [-0.39, 0.29) is 6.04 Å². The van der Waals surface area contributed by atoms with E-state index in [0.717, 1.165) is 5.57 Å². The Morgan fingerprint density at radius 3 is 2.62 bits per heavy atom. The number of benzene rings is 1. The Bertz CT molecular complexity index is 307. The molecule has 0 aromatic heterocycles. The van der Waals surface area contributed by atoms with Crippen LogP contribution in [0.2, 0.25) is 0 Å². The summed E-state index contributed by atoms with van der Waals surface area (Å²) in [5.74, 6) is 0. The van der Waals surface area contributed by atoms with Gasteiger partial charge in [0, 0.05) is 4.90 Å². The molecule has 1 atom stereocenters. The molecular weight excluding hydrogens is 178 g/mol. The lowest BCUT2D eigenvalue weighted by Crippen LogP contribution is -2.11. The second-order valence-electron chi connectivity index (χ2n) is 3.07. The highest BCUT2D eigenvalue weighted by atomic mass is 32.2. The highest BCUT2D eigenvalue weighted by molar-refractivity contribution is 7.98. The van der Waals surface area contributed by atoms with Crippen molar-refractivity contribution in [2.75, 3.05) is 6.26 Å². The summed E-state index contributed by atoms with van der Waals surface area (Å²) in [6.07, 6.45) is 2.06. The van der Waals surface area contributed by atoms with Gasteiger partial charge in [0.1, 0.15) is 0 Å². The lowest BCUT2D eigenvalue weighted by Gasteiger charge is -2.14. The number of hydrogen-bond acceptors (Lipinski definition) is 2. The Labute approximate surface area is 84.0 Å². The molecule has 0 spiro atoms. The van der Waals surface area contributed by atoms with Crippen LogP contribution in [0.1, 0.15) is 18.5 Å². The number of thioether (sulfide) groups is 1. The van der Waals surface area contributed by atoms with Gasteiger partial charge in [0.25, 0.3) is 0 Å². The Kier molecular flexibility index (Phi) is 3.58. The normalized spacial score (nSPS) is 12.5. The van der Waals surface area contributed by atoms with E-state index in [9.17, 15) is 0 Å². The standard InChI is InChI=1S/C11H15NS/c1-8(2)11(12)9-6-4-5-7-10(9)13-3/h4-7,11H,1,12H2,2-3H3. The van der Waals surface area contributed by atoms with Crippen LogP contribution in [0, 0.1) is 0 Å². The van der Waals surface area contributed by atoms with E-state index in [0.29, 0.717) is 0 Å². The first-order valence-electron chi connectivity index (χ1n) is 4.20. The quantitative estimate of drug-likeness (QED) is 0.590. The summed E-state index contributed by atoms with van der Waals surface area (Å²) >= 11 is 1.72. The van der Waals surface area contributed by atoms with Gasteiger partial charge in [-0.2, -0.15) is 0 Å². The van der Waals surface area contributed by atoms with E-state index in [4.69, 9.17) is 5.73 Å². The molecule has 70 valence electrons. The molecule has 1 aromatic rings. The minimum Gasteiger partial charge on any atom is -0.321 e. The van der Waals surface area contributed by atoms with Gasteiger partial charge < -0.3 is 5.73 Å². The summed E-state index contributed by atoms with van der Waals surface area (Å²) in [5, 5.41) is 0. The van der Waals surface area contributed by atoms with Gasteiger partial charge in [0.15, 0.2) is 0 Å². The van der Waals surface area contributed by atoms with Crippen LogP contribution in [0.3, 0.4) is 0 Å². The van der Waals surface area contributed by atoms with Gasteiger partial charge >= 0.3 is 0 Å². The molecule has 0 aliphatic heterocycles. The molecule has 0 aliphatic carbocycles. The molecule has 0 bridgehead atoms. The minimum atomic E-state index is -0.0383. The smallest absolute Gasteiger partial charge is 0.0516 e. The molecule has 1 unspecified atom stereocenters. The average Bonchev–Trinajstić information content (AvgIpc) is 2.16. The number of nitrogens with two attached hydrogens (primary N) is 1. The van der Waals surface area contributed by atoms with E-state index >= 15 is 0 Å². The van der Waals surface area contributed by atoms with Crippen LogP contribution in [0.25, 0.3) is 0 Å². The first kappa shape index (κ1) is 10.4. The van der Waals surface area contributed by atoms with Gasteiger partial charge in [0.2, 0.25) is 0 Å². The van der Waals surface area contributed by atoms with Gasteiger partial charge in [-0.05, 0) is 24.8 Å². The molecule has 0 radical (unpaired) electrons. The Balaban J connectivity index is 3.05. The van der Waals surface area contributed by atoms with Crippen LogP contribution in [0.15, 0.2) is 41.3 Å². The summed E-state index contributed by atoms with van der Waals surface area (Å²) < 4.78 is 0. The van der Waals surface area contributed by atoms with Crippen LogP contribution in [0.4, 0.5) is 0 Å². The molecule has 0 amide bonds. The Morgan fingerprint density at radius 2 is 2.08 bits per heavy atom. The fourth-order valence-corrected chi connectivity index (χ4v) is 1.83. The Hall–Kier alpha value is -0.730. The third-order valence-electron chi connectivity index (χ3n) is 2.00. The second-order valence-corrected chi connectivity index (χ2v) is 3.91.